The van der Waals surface area contributed by atoms with Gasteiger partial charge in [-0.1, -0.05) is 0 Å². The first-order valence-electron chi connectivity index (χ1n) is 5.16. The molecular weight excluding hydrogens is 292 g/mol. The molecule has 0 aromatic carbocycles. The molecule has 0 aliphatic heterocycles. The summed E-state index contributed by atoms with van der Waals surface area (Å²) in [6.07, 6.45) is 1.48. The van der Waals surface area contributed by atoms with Crippen molar-refractivity contribution < 1.29 is 13.2 Å². The summed E-state index contributed by atoms with van der Waals surface area (Å²) in [6.45, 7) is -0.0843. The lowest BCUT2D eigenvalue weighted by Crippen LogP contribution is -2.29. The number of hydrogen-bond donors (Lipinski definition) is 4. The number of anilines is 1. The third-order valence-electron chi connectivity index (χ3n) is 2.27. The van der Waals surface area contributed by atoms with Crippen molar-refractivity contribution in [3.05, 3.63) is 11.6 Å². The number of amides is 1. The second kappa shape index (κ2) is 5.13. The lowest BCUT2D eigenvalue weighted by molar-refractivity contribution is -0.117. The minimum absolute atomic E-state index is 0.0402. The largest absolute Gasteiger partial charge is 0.370 e. The summed E-state index contributed by atoms with van der Waals surface area (Å²) in [5.74, 6) is 4.71. The predicted molar refractivity (Wildman–Crippen MR) is 69.9 cm³/mol. The number of hydrazine groups is 1. The highest BCUT2D eigenvalue weighted by Gasteiger charge is 2.25. The number of nitrogens with two attached hydrogens (primary N) is 2. The van der Waals surface area contributed by atoms with Gasteiger partial charge >= 0.3 is 0 Å². The van der Waals surface area contributed by atoms with Gasteiger partial charge < -0.3 is 11.2 Å². The van der Waals surface area contributed by atoms with Crippen LogP contribution < -0.4 is 21.7 Å². The first-order valence-corrected chi connectivity index (χ1v) is 7.52. The monoisotopic (exact) mass is 304 g/mol. The Hall–Kier alpha value is -1.69. The maximum Gasteiger partial charge on any atom is 0.260 e. The lowest BCUT2D eigenvalue weighted by Gasteiger charge is -2.06. The van der Waals surface area contributed by atoms with E-state index in [1.54, 1.807) is 11.6 Å². The van der Waals surface area contributed by atoms with Crippen LogP contribution in [-0.4, -0.2) is 30.3 Å². The van der Waals surface area contributed by atoms with Crippen LogP contribution in [0.1, 0.15) is 6.42 Å². The number of nitrogen functional groups attached to an aromatic ring is 1. The van der Waals surface area contributed by atoms with Crippen LogP contribution in [0, 0.1) is 0 Å². The molecule has 6 N–H and O–H groups in total. The Morgan fingerprint density at radius 3 is 2.89 bits per heavy atom. The minimum atomic E-state index is -3.85. The molecule has 104 valence electrons. The number of nitrogens with one attached hydrogen (secondary N) is 2. The van der Waals surface area contributed by atoms with Crippen molar-refractivity contribution in [2.75, 3.05) is 12.0 Å². The number of thiazole rings is 1. The van der Waals surface area contributed by atoms with Crippen molar-refractivity contribution >= 4 is 38.0 Å². The Labute approximate surface area is 112 Å². The van der Waals surface area contributed by atoms with Gasteiger partial charge in [0.25, 0.3) is 10.0 Å². The van der Waals surface area contributed by atoms with Crippen molar-refractivity contribution in [3.8, 4) is 0 Å². The maximum atomic E-state index is 12.2. The van der Waals surface area contributed by atoms with E-state index in [9.17, 15) is 13.2 Å². The zero-order valence-electron chi connectivity index (χ0n) is 9.66. The SMILES string of the molecule is NNc1nc2sccn2c1S(=O)(=O)NCCC(N)=O. The molecule has 2 aromatic rings. The van der Waals surface area contributed by atoms with Crippen LogP contribution in [0.5, 0.6) is 0 Å². The summed E-state index contributed by atoms with van der Waals surface area (Å²) in [4.78, 5) is 15.1. The smallest absolute Gasteiger partial charge is 0.260 e. The van der Waals surface area contributed by atoms with Gasteiger partial charge in [-0.3, -0.25) is 9.20 Å². The van der Waals surface area contributed by atoms with Crippen LogP contribution in [0.4, 0.5) is 5.82 Å². The number of aromatic nitrogens is 2. The van der Waals surface area contributed by atoms with Crippen LogP contribution in [0.25, 0.3) is 4.96 Å². The van der Waals surface area contributed by atoms with E-state index in [-0.39, 0.29) is 23.8 Å². The number of carbonyl (C=O) groups is 1. The Morgan fingerprint density at radius 1 is 1.53 bits per heavy atom. The fourth-order valence-electron chi connectivity index (χ4n) is 1.49. The van der Waals surface area contributed by atoms with Crippen LogP contribution >= 0.6 is 11.3 Å². The molecule has 0 bridgehead atoms. The van der Waals surface area contributed by atoms with Crippen LogP contribution in [0.3, 0.4) is 0 Å². The Balaban J connectivity index is 2.35. The molecule has 2 rings (SSSR count). The number of primary amides is 1. The van der Waals surface area contributed by atoms with Gasteiger partial charge in [0.05, 0.1) is 0 Å². The summed E-state index contributed by atoms with van der Waals surface area (Å²) in [5.41, 5.74) is 7.19. The second-order valence-electron chi connectivity index (χ2n) is 3.58. The van der Waals surface area contributed by atoms with E-state index in [0.717, 1.165) is 0 Å². The van der Waals surface area contributed by atoms with E-state index < -0.39 is 15.9 Å². The molecule has 0 aliphatic rings. The number of imidazole rings is 1. The molecule has 0 fully saturated rings. The van der Waals surface area contributed by atoms with E-state index in [4.69, 9.17) is 11.6 Å². The minimum Gasteiger partial charge on any atom is -0.370 e. The summed E-state index contributed by atoms with van der Waals surface area (Å²) >= 11 is 1.27. The number of fused-ring (bicyclic) bond motifs is 1. The molecule has 0 spiro atoms. The normalized spacial score (nSPS) is 11.8. The van der Waals surface area contributed by atoms with E-state index in [1.165, 1.54) is 15.7 Å². The number of sulfonamides is 1. The second-order valence-corrected chi connectivity index (χ2v) is 6.13. The molecule has 0 atom stereocenters. The highest BCUT2D eigenvalue weighted by atomic mass is 32.2. The van der Waals surface area contributed by atoms with Gasteiger partial charge in [0, 0.05) is 24.5 Å². The first kappa shape index (κ1) is 13.7. The maximum absolute atomic E-state index is 12.2. The summed E-state index contributed by atoms with van der Waals surface area (Å²) in [6, 6.07) is 0. The lowest BCUT2D eigenvalue weighted by atomic mass is 10.4. The summed E-state index contributed by atoms with van der Waals surface area (Å²) in [5, 5.41) is 1.60. The molecule has 9 nitrogen and oxygen atoms in total. The first-order chi connectivity index (χ1) is 8.95. The third-order valence-corrected chi connectivity index (χ3v) is 4.51. The van der Waals surface area contributed by atoms with Gasteiger partial charge in [-0.25, -0.2) is 19.0 Å². The van der Waals surface area contributed by atoms with Gasteiger partial charge in [-0.15, -0.1) is 11.3 Å². The van der Waals surface area contributed by atoms with Crippen molar-refractivity contribution in [1.29, 1.82) is 0 Å². The number of rotatable bonds is 6. The van der Waals surface area contributed by atoms with E-state index >= 15 is 0 Å². The third kappa shape index (κ3) is 2.68. The Morgan fingerprint density at radius 2 is 2.26 bits per heavy atom. The topological polar surface area (TPSA) is 145 Å². The van der Waals surface area contributed by atoms with Gasteiger partial charge in [0.1, 0.15) is 0 Å². The molecule has 11 heteroatoms. The van der Waals surface area contributed by atoms with Gasteiger partial charge in [-0.2, -0.15) is 4.98 Å². The van der Waals surface area contributed by atoms with E-state index in [0.29, 0.717) is 4.96 Å². The molecular formula is C8H12N6O3S2. The van der Waals surface area contributed by atoms with E-state index in [2.05, 4.69) is 15.1 Å². The fraction of sp³-hybridized carbons (Fsp3) is 0.250. The molecule has 0 aliphatic carbocycles. The van der Waals surface area contributed by atoms with E-state index in [1.807, 2.05) is 0 Å². The average Bonchev–Trinajstić information content (AvgIpc) is 2.86. The fourth-order valence-corrected chi connectivity index (χ4v) is 3.54. The van der Waals surface area contributed by atoms with Crippen molar-refractivity contribution in [1.82, 2.24) is 14.1 Å². The van der Waals surface area contributed by atoms with Crippen molar-refractivity contribution in [2.24, 2.45) is 11.6 Å². The number of hydrogen-bond acceptors (Lipinski definition) is 7. The quantitative estimate of drug-likeness (QED) is 0.391. The van der Waals surface area contributed by atoms with Crippen LogP contribution in [0.2, 0.25) is 0 Å². The average molecular weight is 304 g/mol. The van der Waals surface area contributed by atoms with Crippen molar-refractivity contribution in [2.45, 2.75) is 11.4 Å². The van der Waals surface area contributed by atoms with Gasteiger partial charge in [0.15, 0.2) is 10.8 Å². The number of nitrogens with zero attached hydrogens (tertiary/aromatic N) is 2. The molecule has 2 aromatic heterocycles. The highest BCUT2D eigenvalue weighted by molar-refractivity contribution is 7.89. The van der Waals surface area contributed by atoms with Gasteiger partial charge in [0.2, 0.25) is 10.9 Å². The molecule has 0 saturated carbocycles. The standard InChI is InChI=1S/C8H12N6O3S2/c9-5(15)1-2-11-19(16,17)7-6(13-10)12-8-14(7)3-4-18-8/h3-4,11,13H,1-2,10H2,(H2,9,15). The van der Waals surface area contributed by atoms with Crippen LogP contribution in [-0.2, 0) is 14.8 Å². The molecule has 2 heterocycles. The Bertz CT molecular complexity index is 703. The van der Waals surface area contributed by atoms with Crippen molar-refractivity contribution in [3.63, 3.8) is 0 Å². The molecule has 0 saturated heterocycles. The van der Waals surface area contributed by atoms with Gasteiger partial charge in [-0.05, 0) is 0 Å². The summed E-state index contributed by atoms with van der Waals surface area (Å²) in [7, 11) is -3.85. The zero-order valence-corrected chi connectivity index (χ0v) is 11.3. The molecule has 0 radical (unpaired) electrons. The Kier molecular flexibility index (Phi) is 3.71. The van der Waals surface area contributed by atoms with Crippen LogP contribution in [0.15, 0.2) is 16.6 Å². The number of carbonyl (C=O) groups excluding carboxylic acids is 1. The highest BCUT2D eigenvalue weighted by Crippen LogP contribution is 2.24. The zero-order chi connectivity index (χ0) is 14.0. The molecule has 0 unspecified atom stereocenters. The summed E-state index contributed by atoms with van der Waals surface area (Å²) < 4.78 is 28.0. The molecule has 1 amide bonds. The molecule has 19 heavy (non-hydrogen) atoms. The predicted octanol–water partition coefficient (Wildman–Crippen LogP) is -1.16.